The van der Waals surface area contributed by atoms with Crippen LogP contribution in [0.1, 0.15) is 22.3 Å². The zero-order valence-electron chi connectivity index (χ0n) is 15.1. The van der Waals surface area contributed by atoms with Crippen LogP contribution in [0.4, 0.5) is 10.1 Å². The number of nitrogens with one attached hydrogen (secondary N) is 1. The second-order valence-electron chi connectivity index (χ2n) is 6.64. The second-order valence-corrected chi connectivity index (χ2v) is 8.39. The normalized spacial score (nSPS) is 14.6. The van der Waals surface area contributed by atoms with Gasteiger partial charge in [-0.15, -0.1) is 0 Å². The third kappa shape index (κ3) is 3.92. The van der Waals surface area contributed by atoms with Gasteiger partial charge >= 0.3 is 0 Å². The second kappa shape index (κ2) is 7.13. The lowest BCUT2D eigenvalue weighted by Gasteiger charge is -2.11. The molecule has 142 valence electrons. The number of hydrogen-bond donors (Lipinski definition) is 1. The first-order chi connectivity index (χ1) is 13.4. The summed E-state index contributed by atoms with van der Waals surface area (Å²) in [7, 11) is -3.37. The summed E-state index contributed by atoms with van der Waals surface area (Å²) in [6.45, 7) is 0.347. The van der Waals surface area contributed by atoms with E-state index in [0.29, 0.717) is 18.0 Å². The number of halogens is 1. The van der Waals surface area contributed by atoms with Gasteiger partial charge in [-0.1, -0.05) is 36.4 Å². The fourth-order valence-corrected chi connectivity index (χ4v) is 3.83. The minimum Gasteiger partial charge on any atom is -0.488 e. The summed E-state index contributed by atoms with van der Waals surface area (Å²) in [5, 5.41) is 0. The molecular formula is C22H18FNO3S. The van der Waals surface area contributed by atoms with Gasteiger partial charge in [0, 0.05) is 17.3 Å². The number of anilines is 1. The van der Waals surface area contributed by atoms with E-state index in [1.165, 1.54) is 12.1 Å². The third-order valence-electron chi connectivity index (χ3n) is 4.43. The van der Waals surface area contributed by atoms with Crippen LogP contribution in [-0.4, -0.2) is 14.7 Å². The average Bonchev–Trinajstić information content (AvgIpc) is 2.78. The Morgan fingerprint density at radius 2 is 1.82 bits per heavy atom. The molecule has 0 saturated carbocycles. The van der Waals surface area contributed by atoms with E-state index in [9.17, 15) is 12.8 Å². The highest BCUT2D eigenvalue weighted by Gasteiger charge is 2.19. The summed E-state index contributed by atoms with van der Waals surface area (Å²) in [6, 6.07) is 19.5. The molecule has 0 unspecified atom stereocenters. The number of ether oxygens (including phenoxy) is 1. The SMILES string of the molecule is CS(=O)(=O)Nc1cccc(/C=C2\c3ccccc3COc3cc(F)ccc32)c1. The molecule has 1 aliphatic rings. The zero-order chi connectivity index (χ0) is 19.7. The highest BCUT2D eigenvalue weighted by molar-refractivity contribution is 7.92. The van der Waals surface area contributed by atoms with Crippen LogP contribution in [0.25, 0.3) is 11.6 Å². The molecule has 0 atom stereocenters. The van der Waals surface area contributed by atoms with Crippen molar-refractivity contribution >= 4 is 27.4 Å². The molecule has 3 aromatic rings. The van der Waals surface area contributed by atoms with E-state index in [2.05, 4.69) is 4.72 Å². The Hall–Kier alpha value is -3.12. The first kappa shape index (κ1) is 18.3. The van der Waals surface area contributed by atoms with Crippen molar-refractivity contribution in [3.8, 4) is 5.75 Å². The van der Waals surface area contributed by atoms with Crippen LogP contribution in [0.15, 0.2) is 66.7 Å². The summed E-state index contributed by atoms with van der Waals surface area (Å²) in [4.78, 5) is 0. The van der Waals surface area contributed by atoms with E-state index in [1.807, 2.05) is 36.4 Å². The molecule has 0 spiro atoms. The lowest BCUT2D eigenvalue weighted by Crippen LogP contribution is -2.09. The predicted molar refractivity (Wildman–Crippen MR) is 109 cm³/mol. The standard InChI is InChI=1S/C22H18FNO3S/c1-28(25,26)24-18-7-4-5-15(11-18)12-21-19-8-3-2-6-16(19)14-27-22-13-17(23)9-10-20(21)22/h2-13,24H,14H2,1H3/b21-12+. The molecule has 3 aromatic carbocycles. The van der Waals surface area contributed by atoms with E-state index in [0.717, 1.165) is 34.1 Å². The lowest BCUT2D eigenvalue weighted by atomic mass is 9.92. The molecule has 4 nitrogen and oxygen atoms in total. The Balaban J connectivity index is 1.88. The number of rotatable bonds is 3. The summed E-state index contributed by atoms with van der Waals surface area (Å²) >= 11 is 0. The molecule has 1 N–H and O–H groups in total. The Labute approximate surface area is 163 Å². The van der Waals surface area contributed by atoms with Gasteiger partial charge < -0.3 is 4.74 Å². The molecule has 0 aromatic heterocycles. The van der Waals surface area contributed by atoms with E-state index >= 15 is 0 Å². The molecule has 28 heavy (non-hydrogen) atoms. The van der Waals surface area contributed by atoms with Crippen LogP contribution in [-0.2, 0) is 16.6 Å². The first-order valence-corrected chi connectivity index (χ1v) is 10.6. The molecule has 1 aliphatic heterocycles. The van der Waals surface area contributed by atoms with Crippen molar-refractivity contribution in [2.45, 2.75) is 6.61 Å². The molecule has 0 saturated heterocycles. The highest BCUT2D eigenvalue weighted by Crippen LogP contribution is 2.38. The molecule has 0 aliphatic carbocycles. The molecule has 0 fully saturated rings. The molecular weight excluding hydrogens is 377 g/mol. The smallest absolute Gasteiger partial charge is 0.229 e. The summed E-state index contributed by atoms with van der Waals surface area (Å²) < 4.78 is 45.1. The van der Waals surface area contributed by atoms with Crippen molar-refractivity contribution in [1.82, 2.24) is 0 Å². The Kier molecular flexibility index (Phi) is 4.65. The van der Waals surface area contributed by atoms with Crippen molar-refractivity contribution in [1.29, 1.82) is 0 Å². The van der Waals surface area contributed by atoms with Gasteiger partial charge in [0.05, 0.1) is 6.26 Å². The van der Waals surface area contributed by atoms with Crippen LogP contribution < -0.4 is 9.46 Å². The van der Waals surface area contributed by atoms with Crippen LogP contribution in [0.3, 0.4) is 0 Å². The van der Waals surface area contributed by atoms with Crippen molar-refractivity contribution in [3.05, 3.63) is 94.8 Å². The largest absolute Gasteiger partial charge is 0.488 e. The van der Waals surface area contributed by atoms with Crippen molar-refractivity contribution in [2.75, 3.05) is 11.0 Å². The van der Waals surface area contributed by atoms with Gasteiger partial charge in [0.25, 0.3) is 0 Å². The minimum atomic E-state index is -3.37. The third-order valence-corrected chi connectivity index (χ3v) is 5.03. The van der Waals surface area contributed by atoms with Gasteiger partial charge in [-0.3, -0.25) is 4.72 Å². The van der Waals surface area contributed by atoms with Crippen molar-refractivity contribution in [2.24, 2.45) is 0 Å². The minimum absolute atomic E-state index is 0.347. The van der Waals surface area contributed by atoms with Crippen LogP contribution >= 0.6 is 0 Å². The van der Waals surface area contributed by atoms with E-state index in [4.69, 9.17) is 4.74 Å². The summed E-state index contributed by atoms with van der Waals surface area (Å²) in [6.07, 6.45) is 3.07. The molecule has 0 radical (unpaired) electrons. The molecule has 6 heteroatoms. The first-order valence-electron chi connectivity index (χ1n) is 8.70. The number of fused-ring (bicyclic) bond motifs is 2. The lowest BCUT2D eigenvalue weighted by molar-refractivity contribution is 0.305. The Morgan fingerprint density at radius 1 is 1.00 bits per heavy atom. The molecule has 0 bridgehead atoms. The van der Waals surface area contributed by atoms with Crippen LogP contribution in [0.5, 0.6) is 5.75 Å². The predicted octanol–water partition coefficient (Wildman–Crippen LogP) is 4.68. The Bertz CT molecular complexity index is 1190. The monoisotopic (exact) mass is 395 g/mol. The van der Waals surface area contributed by atoms with E-state index < -0.39 is 10.0 Å². The van der Waals surface area contributed by atoms with E-state index in [1.54, 1.807) is 24.3 Å². The number of benzene rings is 3. The quantitative estimate of drug-likeness (QED) is 0.701. The average molecular weight is 395 g/mol. The topological polar surface area (TPSA) is 55.4 Å². The molecule has 4 rings (SSSR count). The van der Waals surface area contributed by atoms with Gasteiger partial charge in [0.15, 0.2) is 0 Å². The van der Waals surface area contributed by atoms with Crippen LogP contribution in [0, 0.1) is 5.82 Å². The molecule has 0 amide bonds. The maximum atomic E-state index is 13.8. The zero-order valence-corrected chi connectivity index (χ0v) is 16.0. The number of hydrogen-bond acceptors (Lipinski definition) is 3. The van der Waals surface area contributed by atoms with Gasteiger partial charge in [-0.05, 0) is 52.6 Å². The van der Waals surface area contributed by atoms with E-state index in [-0.39, 0.29) is 5.82 Å². The van der Waals surface area contributed by atoms with Gasteiger partial charge in [0.2, 0.25) is 10.0 Å². The maximum Gasteiger partial charge on any atom is 0.229 e. The number of sulfonamides is 1. The highest BCUT2D eigenvalue weighted by atomic mass is 32.2. The van der Waals surface area contributed by atoms with Crippen molar-refractivity contribution < 1.29 is 17.5 Å². The summed E-state index contributed by atoms with van der Waals surface area (Å²) in [5.74, 6) is 0.122. The fraction of sp³-hybridized carbons (Fsp3) is 0.0909. The molecule has 1 heterocycles. The van der Waals surface area contributed by atoms with Crippen molar-refractivity contribution in [3.63, 3.8) is 0 Å². The Morgan fingerprint density at radius 3 is 2.64 bits per heavy atom. The van der Waals surface area contributed by atoms with Crippen LogP contribution in [0.2, 0.25) is 0 Å². The fourth-order valence-electron chi connectivity index (χ4n) is 3.28. The maximum absolute atomic E-state index is 13.8. The van der Waals surface area contributed by atoms with Gasteiger partial charge in [-0.25, -0.2) is 12.8 Å². The van der Waals surface area contributed by atoms with Gasteiger partial charge in [-0.2, -0.15) is 0 Å². The van der Waals surface area contributed by atoms with Gasteiger partial charge in [0.1, 0.15) is 18.2 Å². The summed E-state index contributed by atoms with van der Waals surface area (Å²) in [5.41, 5.74) is 4.96.